The van der Waals surface area contributed by atoms with Crippen LogP contribution in [0.5, 0.6) is 0 Å². The van der Waals surface area contributed by atoms with Crippen LogP contribution < -0.4 is 0 Å². The normalized spacial score (nSPS) is 21.7. The second kappa shape index (κ2) is 16.7. The third-order valence-corrected chi connectivity index (χ3v) is 5.99. The first-order chi connectivity index (χ1) is 16.3. The van der Waals surface area contributed by atoms with Crippen molar-refractivity contribution >= 4 is 5.97 Å². The van der Waals surface area contributed by atoms with Gasteiger partial charge in [-0.05, 0) is 12.8 Å². The Morgan fingerprint density at radius 3 is 1.51 bits per heavy atom. The van der Waals surface area contributed by atoms with Gasteiger partial charge in [0, 0.05) is 13.0 Å². The fraction of sp³-hybridized carbons (Fsp3) is 0.952. The summed E-state index contributed by atoms with van der Waals surface area (Å²) in [5.41, 5.74) is -3.28. The Hall–Kier alpha value is -1.01. The highest BCUT2D eigenvalue weighted by molar-refractivity contribution is 5.78. The molecule has 0 rings (SSSR count). The number of hydrogen-bond donors (Lipinski definition) is 13. The highest BCUT2D eigenvalue weighted by atomic mass is 16.4. The molecule has 0 radical (unpaired) electrons. The highest BCUT2D eigenvalue weighted by Gasteiger charge is 2.51. The first-order valence-corrected chi connectivity index (χ1v) is 11.6. The van der Waals surface area contributed by atoms with Gasteiger partial charge in [0.2, 0.25) is 0 Å². The van der Waals surface area contributed by atoms with E-state index in [1.807, 2.05) is 0 Å². The Labute approximate surface area is 203 Å². The number of unbranched alkanes of at least 4 members (excludes halogenated alkanes) is 5. The van der Waals surface area contributed by atoms with Crippen LogP contribution in [0, 0.1) is 0 Å². The topological polar surface area (TPSA) is 280 Å². The molecule has 14 heteroatoms. The predicted octanol–water partition coefficient (Wildman–Crippen LogP) is -4.84. The molecule has 0 aliphatic carbocycles. The number of hydrogen-bond acceptors (Lipinski definition) is 13. The third kappa shape index (κ3) is 10.5. The second-order valence-corrected chi connectivity index (χ2v) is 8.86. The second-order valence-electron chi connectivity index (χ2n) is 8.86. The molecule has 0 fully saturated rings. The van der Waals surface area contributed by atoms with Crippen LogP contribution in [0.15, 0.2) is 0 Å². The van der Waals surface area contributed by atoms with Gasteiger partial charge in [-0.3, -0.25) is 0 Å². The molecule has 35 heavy (non-hydrogen) atoms. The van der Waals surface area contributed by atoms with Gasteiger partial charge in [0.05, 0.1) is 18.8 Å². The maximum absolute atomic E-state index is 11.4. The molecule has 0 aromatic rings. The van der Waals surface area contributed by atoms with Crippen LogP contribution in [0.4, 0.5) is 0 Å². The molecule has 0 spiro atoms. The van der Waals surface area contributed by atoms with Gasteiger partial charge in [-0.25, -0.2) is 4.79 Å². The fourth-order valence-electron chi connectivity index (χ4n) is 3.61. The van der Waals surface area contributed by atoms with Crippen molar-refractivity contribution in [3.63, 3.8) is 0 Å². The average Bonchev–Trinajstić information content (AvgIpc) is 2.84. The summed E-state index contributed by atoms with van der Waals surface area (Å²) < 4.78 is 0. The molecule has 0 aromatic carbocycles. The van der Waals surface area contributed by atoms with E-state index in [2.05, 4.69) is 0 Å². The van der Waals surface area contributed by atoms with Gasteiger partial charge >= 0.3 is 5.97 Å². The van der Waals surface area contributed by atoms with E-state index in [-0.39, 0.29) is 13.0 Å². The van der Waals surface area contributed by atoms with Gasteiger partial charge in [-0.1, -0.05) is 32.1 Å². The lowest BCUT2D eigenvalue weighted by Gasteiger charge is -2.37. The minimum Gasteiger partial charge on any atom is -0.479 e. The lowest BCUT2D eigenvalue weighted by Crippen LogP contribution is -2.62. The zero-order valence-electron chi connectivity index (χ0n) is 19.5. The molecule has 0 aromatic heterocycles. The summed E-state index contributed by atoms with van der Waals surface area (Å²) in [6.45, 7) is -0.895. The molecule has 13 N–H and O–H groups in total. The monoisotopic (exact) mass is 518 g/mol. The maximum Gasteiger partial charge on any atom is 0.338 e. The lowest BCUT2D eigenvalue weighted by molar-refractivity contribution is -0.212. The summed E-state index contributed by atoms with van der Waals surface area (Å²) in [5, 5.41) is 127. The number of carbonyl (C=O) groups is 1. The number of aliphatic hydroxyl groups is 12. The quantitative estimate of drug-likeness (QED) is 0.0673. The molecule has 0 amide bonds. The average molecular weight is 519 g/mol. The van der Waals surface area contributed by atoms with Crippen molar-refractivity contribution in [2.45, 2.75) is 112 Å². The first kappa shape index (κ1) is 34.0. The Morgan fingerprint density at radius 1 is 0.629 bits per heavy atom. The molecular formula is C21H42O14. The Balaban J connectivity index is 4.99. The SMILES string of the molecule is O=C(O)C(O)(CC(O)CO)C(O)C(O)C(O)C(O)C(O)C(O)C(O)C(O)CCCCCCCCO. The van der Waals surface area contributed by atoms with Crippen molar-refractivity contribution in [2.24, 2.45) is 0 Å². The zero-order valence-corrected chi connectivity index (χ0v) is 19.5. The molecule has 10 atom stereocenters. The predicted molar refractivity (Wildman–Crippen MR) is 118 cm³/mol. The molecule has 14 nitrogen and oxygen atoms in total. The van der Waals surface area contributed by atoms with Crippen LogP contribution in [0.25, 0.3) is 0 Å². The largest absolute Gasteiger partial charge is 0.479 e. The maximum atomic E-state index is 11.4. The summed E-state index contributed by atoms with van der Waals surface area (Å²) in [4.78, 5) is 11.4. The molecular weight excluding hydrogens is 476 g/mol. The van der Waals surface area contributed by atoms with Crippen molar-refractivity contribution in [3.05, 3.63) is 0 Å². The van der Waals surface area contributed by atoms with Crippen LogP contribution in [-0.2, 0) is 4.79 Å². The van der Waals surface area contributed by atoms with Gasteiger partial charge in [0.25, 0.3) is 0 Å². The van der Waals surface area contributed by atoms with E-state index in [0.717, 1.165) is 19.3 Å². The van der Waals surface area contributed by atoms with Crippen LogP contribution in [0.1, 0.15) is 51.4 Å². The summed E-state index contributed by atoms with van der Waals surface area (Å²) in [6, 6.07) is 0. The lowest BCUT2D eigenvalue weighted by atomic mass is 9.83. The first-order valence-electron chi connectivity index (χ1n) is 11.6. The van der Waals surface area contributed by atoms with Gasteiger partial charge in [0.1, 0.15) is 42.7 Å². The van der Waals surface area contributed by atoms with E-state index in [9.17, 15) is 61.0 Å². The van der Waals surface area contributed by atoms with Crippen LogP contribution in [0.2, 0.25) is 0 Å². The van der Waals surface area contributed by atoms with Gasteiger partial charge in [-0.2, -0.15) is 0 Å². The van der Waals surface area contributed by atoms with Crippen molar-refractivity contribution < 1.29 is 71.2 Å². The zero-order chi connectivity index (χ0) is 27.3. The molecule has 210 valence electrons. The minimum absolute atomic E-state index is 0.0315. The number of aliphatic carboxylic acids is 1. The number of carboxylic acid groups (broad SMARTS) is 1. The Bertz CT molecular complexity index is 580. The van der Waals surface area contributed by atoms with Crippen molar-refractivity contribution in [1.29, 1.82) is 0 Å². The standard InChI is InChI=1S/C21H42O14/c22-8-6-4-2-1-3-5-7-12(25)13(26)14(27)15(28)16(29)17(30)18(31)19(32)21(35,20(33)34)9-11(24)10-23/h11-19,22-32,35H,1-10H2,(H,33,34). The molecule has 0 heterocycles. The molecule has 10 unspecified atom stereocenters. The number of carboxylic acids is 1. The summed E-state index contributed by atoms with van der Waals surface area (Å²) >= 11 is 0. The minimum atomic E-state index is -3.28. The van der Waals surface area contributed by atoms with Gasteiger partial charge in [-0.15, -0.1) is 0 Å². The van der Waals surface area contributed by atoms with Crippen molar-refractivity contribution in [2.75, 3.05) is 13.2 Å². The van der Waals surface area contributed by atoms with Gasteiger partial charge < -0.3 is 66.4 Å². The molecule has 0 saturated heterocycles. The smallest absolute Gasteiger partial charge is 0.338 e. The molecule has 0 aliphatic heterocycles. The molecule has 0 aliphatic rings. The molecule has 0 saturated carbocycles. The van der Waals surface area contributed by atoms with E-state index in [0.29, 0.717) is 19.3 Å². The van der Waals surface area contributed by atoms with Crippen molar-refractivity contribution in [1.82, 2.24) is 0 Å². The van der Waals surface area contributed by atoms with Crippen molar-refractivity contribution in [3.8, 4) is 0 Å². The van der Waals surface area contributed by atoms with Crippen LogP contribution in [-0.4, -0.2) is 146 Å². The van der Waals surface area contributed by atoms with E-state index < -0.39 is 79.5 Å². The third-order valence-electron chi connectivity index (χ3n) is 5.99. The number of rotatable bonds is 20. The fourth-order valence-corrected chi connectivity index (χ4v) is 3.61. The summed E-state index contributed by atoms with van der Waals surface area (Å²) in [7, 11) is 0. The highest BCUT2D eigenvalue weighted by Crippen LogP contribution is 2.25. The summed E-state index contributed by atoms with van der Waals surface area (Å²) in [6.07, 6.45) is -17.1. The Kier molecular flexibility index (Phi) is 16.2. The Morgan fingerprint density at radius 2 is 1.06 bits per heavy atom. The van der Waals surface area contributed by atoms with Crippen LogP contribution in [0.3, 0.4) is 0 Å². The molecule has 0 bridgehead atoms. The van der Waals surface area contributed by atoms with Crippen LogP contribution >= 0.6 is 0 Å². The van der Waals surface area contributed by atoms with E-state index in [1.54, 1.807) is 0 Å². The van der Waals surface area contributed by atoms with E-state index >= 15 is 0 Å². The van der Waals surface area contributed by atoms with Gasteiger partial charge in [0.15, 0.2) is 5.60 Å². The number of aliphatic hydroxyl groups excluding tert-OH is 11. The van der Waals surface area contributed by atoms with E-state index in [1.165, 1.54) is 0 Å². The van der Waals surface area contributed by atoms with E-state index in [4.69, 9.17) is 10.2 Å². The summed E-state index contributed by atoms with van der Waals surface area (Å²) in [5.74, 6) is -2.13.